The minimum Gasteiger partial charge on any atom is -0.444 e. The van der Waals surface area contributed by atoms with E-state index < -0.39 is 24.0 Å². The maximum Gasteiger partial charge on any atom is 0.339 e. The zero-order chi connectivity index (χ0) is 19.8. The van der Waals surface area contributed by atoms with Gasteiger partial charge in [-0.05, 0) is 24.3 Å². The number of ether oxygens (including phenoxy) is 1. The van der Waals surface area contributed by atoms with E-state index >= 15 is 0 Å². The van der Waals surface area contributed by atoms with E-state index in [0.717, 1.165) is 0 Å². The minimum absolute atomic E-state index is 0.192. The monoisotopic (exact) mass is 369 g/mol. The lowest BCUT2D eigenvalue weighted by Gasteiger charge is -2.17. The second kappa shape index (κ2) is 9.14. The molecule has 2 rings (SSSR count). The SMILES string of the molecule is CNC(=O)NC(=O)C(OC(=O)c1ccc(NC(C)=O)cc1)c1ccccc1. The molecule has 3 N–H and O–H groups in total. The van der Waals surface area contributed by atoms with Crippen LogP contribution in [0.1, 0.15) is 28.9 Å². The van der Waals surface area contributed by atoms with E-state index in [4.69, 9.17) is 4.74 Å². The molecular formula is C19H19N3O5. The molecule has 0 saturated carbocycles. The second-order valence-electron chi connectivity index (χ2n) is 5.52. The molecule has 0 bridgehead atoms. The molecule has 1 atom stereocenters. The van der Waals surface area contributed by atoms with Gasteiger partial charge in [0.1, 0.15) is 0 Å². The molecule has 0 aromatic heterocycles. The molecule has 0 fully saturated rings. The maximum absolute atomic E-state index is 12.4. The summed E-state index contributed by atoms with van der Waals surface area (Å²) in [5.41, 5.74) is 1.14. The summed E-state index contributed by atoms with van der Waals surface area (Å²) in [6.45, 7) is 1.37. The topological polar surface area (TPSA) is 114 Å². The number of rotatable bonds is 5. The lowest BCUT2D eigenvalue weighted by Crippen LogP contribution is -2.41. The number of hydrogen-bond acceptors (Lipinski definition) is 5. The van der Waals surface area contributed by atoms with Gasteiger partial charge in [0.25, 0.3) is 5.91 Å². The Morgan fingerprint density at radius 3 is 2.11 bits per heavy atom. The van der Waals surface area contributed by atoms with Crippen LogP contribution in [0.15, 0.2) is 54.6 Å². The van der Waals surface area contributed by atoms with E-state index in [1.165, 1.54) is 26.1 Å². The van der Waals surface area contributed by atoms with Crippen molar-refractivity contribution in [3.05, 3.63) is 65.7 Å². The largest absolute Gasteiger partial charge is 0.444 e. The third-order valence-corrected chi connectivity index (χ3v) is 3.47. The van der Waals surface area contributed by atoms with Crippen LogP contribution in [0, 0.1) is 0 Å². The Morgan fingerprint density at radius 2 is 1.56 bits per heavy atom. The minimum atomic E-state index is -1.30. The molecule has 140 valence electrons. The first-order valence-corrected chi connectivity index (χ1v) is 8.07. The second-order valence-corrected chi connectivity index (χ2v) is 5.52. The first-order chi connectivity index (χ1) is 12.9. The molecular weight excluding hydrogens is 350 g/mol. The van der Waals surface area contributed by atoms with Crippen molar-refractivity contribution in [2.24, 2.45) is 0 Å². The lowest BCUT2D eigenvalue weighted by molar-refractivity contribution is -0.129. The summed E-state index contributed by atoms with van der Waals surface area (Å²) in [6, 6.07) is 13.6. The van der Waals surface area contributed by atoms with E-state index in [1.807, 2.05) is 0 Å². The Bertz CT molecular complexity index is 834. The Labute approximate surface area is 155 Å². The normalized spacial score (nSPS) is 11.0. The van der Waals surface area contributed by atoms with Crippen LogP contribution < -0.4 is 16.0 Å². The fourth-order valence-corrected chi connectivity index (χ4v) is 2.21. The van der Waals surface area contributed by atoms with Crippen LogP contribution in [0.3, 0.4) is 0 Å². The number of esters is 1. The third kappa shape index (κ3) is 5.67. The summed E-state index contributed by atoms with van der Waals surface area (Å²) in [5.74, 6) is -1.76. The van der Waals surface area contributed by atoms with Gasteiger partial charge in [0, 0.05) is 25.2 Å². The molecule has 0 heterocycles. The lowest BCUT2D eigenvalue weighted by atomic mass is 10.1. The molecule has 1 unspecified atom stereocenters. The number of urea groups is 1. The van der Waals surface area contributed by atoms with E-state index in [1.54, 1.807) is 42.5 Å². The van der Waals surface area contributed by atoms with Crippen LogP contribution in [0.25, 0.3) is 0 Å². The Kier molecular flexibility index (Phi) is 6.65. The molecule has 0 aliphatic carbocycles. The predicted octanol–water partition coefficient (Wildman–Crippen LogP) is 2.00. The summed E-state index contributed by atoms with van der Waals surface area (Å²) in [5, 5.41) is 6.95. The van der Waals surface area contributed by atoms with E-state index in [0.29, 0.717) is 11.3 Å². The fourth-order valence-electron chi connectivity index (χ4n) is 2.21. The number of carbonyl (C=O) groups is 4. The van der Waals surface area contributed by atoms with Crippen LogP contribution in [0.5, 0.6) is 0 Å². The van der Waals surface area contributed by atoms with Crippen LogP contribution in [0.2, 0.25) is 0 Å². The van der Waals surface area contributed by atoms with Crippen molar-refractivity contribution in [2.45, 2.75) is 13.0 Å². The number of imide groups is 1. The first kappa shape index (κ1) is 19.6. The molecule has 0 aliphatic rings. The molecule has 2 aromatic carbocycles. The average Bonchev–Trinajstić information content (AvgIpc) is 2.66. The average molecular weight is 369 g/mol. The van der Waals surface area contributed by atoms with Crippen molar-refractivity contribution >= 4 is 29.5 Å². The van der Waals surface area contributed by atoms with Crippen molar-refractivity contribution in [1.29, 1.82) is 0 Å². The molecule has 0 saturated heterocycles. The summed E-state index contributed by atoms with van der Waals surface area (Å²) < 4.78 is 5.33. The number of benzene rings is 2. The number of carbonyl (C=O) groups excluding carboxylic acids is 4. The van der Waals surface area contributed by atoms with Gasteiger partial charge in [-0.15, -0.1) is 0 Å². The number of anilines is 1. The molecule has 4 amide bonds. The van der Waals surface area contributed by atoms with Crippen molar-refractivity contribution in [3.8, 4) is 0 Å². The van der Waals surface area contributed by atoms with Gasteiger partial charge in [-0.2, -0.15) is 0 Å². The van der Waals surface area contributed by atoms with Crippen LogP contribution in [0.4, 0.5) is 10.5 Å². The Hall–Kier alpha value is -3.68. The summed E-state index contributed by atoms with van der Waals surface area (Å²) in [6.07, 6.45) is -1.30. The zero-order valence-electron chi connectivity index (χ0n) is 14.8. The van der Waals surface area contributed by atoms with Crippen LogP contribution >= 0.6 is 0 Å². The maximum atomic E-state index is 12.4. The highest BCUT2D eigenvalue weighted by atomic mass is 16.5. The number of hydrogen-bond donors (Lipinski definition) is 3. The van der Waals surface area contributed by atoms with Gasteiger partial charge in [0.2, 0.25) is 12.0 Å². The van der Waals surface area contributed by atoms with Gasteiger partial charge < -0.3 is 15.4 Å². The zero-order valence-corrected chi connectivity index (χ0v) is 14.8. The van der Waals surface area contributed by atoms with E-state index in [9.17, 15) is 19.2 Å². The quantitative estimate of drug-likeness (QED) is 0.698. The predicted molar refractivity (Wildman–Crippen MR) is 97.9 cm³/mol. The van der Waals surface area contributed by atoms with E-state index in [-0.39, 0.29) is 11.5 Å². The van der Waals surface area contributed by atoms with Gasteiger partial charge in [-0.1, -0.05) is 30.3 Å². The molecule has 2 aromatic rings. The standard InChI is InChI=1S/C19H19N3O5/c1-12(23)21-15-10-8-14(9-11-15)18(25)27-16(13-6-4-3-5-7-13)17(24)22-19(26)20-2/h3-11,16H,1-2H3,(H,21,23)(H2,20,22,24,26). The summed E-state index contributed by atoms with van der Waals surface area (Å²) in [4.78, 5) is 47.3. The smallest absolute Gasteiger partial charge is 0.339 e. The van der Waals surface area contributed by atoms with Gasteiger partial charge in [-0.3, -0.25) is 14.9 Å². The highest BCUT2D eigenvalue weighted by Gasteiger charge is 2.26. The molecule has 0 spiro atoms. The van der Waals surface area contributed by atoms with Gasteiger partial charge in [0.15, 0.2) is 0 Å². The highest BCUT2D eigenvalue weighted by Crippen LogP contribution is 2.20. The molecule has 27 heavy (non-hydrogen) atoms. The highest BCUT2D eigenvalue weighted by molar-refractivity contribution is 5.99. The van der Waals surface area contributed by atoms with Crippen molar-refractivity contribution in [3.63, 3.8) is 0 Å². The van der Waals surface area contributed by atoms with Crippen molar-refractivity contribution < 1.29 is 23.9 Å². The number of amides is 4. The fraction of sp³-hybridized carbons (Fsp3) is 0.158. The molecule has 0 radical (unpaired) electrons. The van der Waals surface area contributed by atoms with Crippen LogP contribution in [-0.4, -0.2) is 30.9 Å². The summed E-state index contributed by atoms with van der Waals surface area (Å²) in [7, 11) is 1.36. The van der Waals surface area contributed by atoms with E-state index in [2.05, 4.69) is 16.0 Å². The van der Waals surface area contributed by atoms with Crippen molar-refractivity contribution in [1.82, 2.24) is 10.6 Å². The van der Waals surface area contributed by atoms with Crippen molar-refractivity contribution in [2.75, 3.05) is 12.4 Å². The Morgan fingerprint density at radius 1 is 0.926 bits per heavy atom. The van der Waals surface area contributed by atoms with Crippen LogP contribution in [-0.2, 0) is 14.3 Å². The van der Waals surface area contributed by atoms with Gasteiger partial charge in [-0.25, -0.2) is 9.59 Å². The first-order valence-electron chi connectivity index (χ1n) is 8.07. The van der Waals surface area contributed by atoms with Gasteiger partial charge in [0.05, 0.1) is 5.56 Å². The summed E-state index contributed by atoms with van der Waals surface area (Å²) >= 11 is 0. The number of nitrogens with one attached hydrogen (secondary N) is 3. The molecule has 8 nitrogen and oxygen atoms in total. The van der Waals surface area contributed by atoms with Gasteiger partial charge >= 0.3 is 12.0 Å². The molecule has 8 heteroatoms. The molecule has 0 aliphatic heterocycles. The Balaban J connectivity index is 2.18. The third-order valence-electron chi connectivity index (χ3n) is 3.47.